The van der Waals surface area contributed by atoms with E-state index in [4.69, 9.17) is 9.47 Å². The van der Waals surface area contributed by atoms with Crippen LogP contribution in [0.2, 0.25) is 0 Å². The largest absolute Gasteiger partial charge is 0.486 e. The van der Waals surface area contributed by atoms with Gasteiger partial charge in [-0.3, -0.25) is 10.1 Å². The van der Waals surface area contributed by atoms with E-state index in [1.165, 1.54) is 12.1 Å². The second-order valence-corrected chi connectivity index (χ2v) is 5.59. The smallest absolute Gasteiger partial charge is 0.387 e. The number of fused-ring (bicyclic) bond motifs is 1. The predicted molar refractivity (Wildman–Crippen MR) is 89.2 cm³/mol. The molecular weight excluding hydrogens is 350 g/mol. The Morgan fingerprint density at radius 2 is 1.88 bits per heavy atom. The number of benzene rings is 2. The highest BCUT2D eigenvalue weighted by Gasteiger charge is 2.20. The van der Waals surface area contributed by atoms with Gasteiger partial charge in [0.2, 0.25) is 5.75 Å². The van der Waals surface area contributed by atoms with Crippen molar-refractivity contribution in [2.45, 2.75) is 19.6 Å². The first-order chi connectivity index (χ1) is 12.4. The van der Waals surface area contributed by atoms with Crippen molar-refractivity contribution in [3.05, 3.63) is 52.1 Å². The Morgan fingerprint density at radius 3 is 2.58 bits per heavy atom. The van der Waals surface area contributed by atoms with Gasteiger partial charge in [-0.2, -0.15) is 8.78 Å². The molecule has 1 N–H and O–H groups in total. The Labute approximate surface area is 147 Å². The zero-order chi connectivity index (χ0) is 18.7. The summed E-state index contributed by atoms with van der Waals surface area (Å²) >= 11 is 0. The Balaban J connectivity index is 1.80. The van der Waals surface area contributed by atoms with Crippen LogP contribution >= 0.6 is 0 Å². The van der Waals surface area contributed by atoms with Gasteiger partial charge in [-0.25, -0.2) is 0 Å². The van der Waals surface area contributed by atoms with Gasteiger partial charge in [-0.05, 0) is 30.7 Å². The molecule has 1 unspecified atom stereocenters. The van der Waals surface area contributed by atoms with Crippen LogP contribution < -0.4 is 19.5 Å². The molecule has 0 amide bonds. The molecule has 138 valence electrons. The molecule has 0 saturated heterocycles. The summed E-state index contributed by atoms with van der Waals surface area (Å²) in [5.41, 5.74) is 0.764. The minimum Gasteiger partial charge on any atom is -0.486 e. The normalized spacial score (nSPS) is 14.0. The Hall–Kier alpha value is -3.10. The third-order valence-corrected chi connectivity index (χ3v) is 3.82. The van der Waals surface area contributed by atoms with E-state index in [2.05, 4.69) is 10.1 Å². The van der Waals surface area contributed by atoms with E-state index < -0.39 is 23.0 Å². The van der Waals surface area contributed by atoms with Crippen LogP contribution in [0.4, 0.5) is 20.2 Å². The van der Waals surface area contributed by atoms with Gasteiger partial charge in [-0.1, -0.05) is 6.07 Å². The summed E-state index contributed by atoms with van der Waals surface area (Å²) in [7, 11) is 0. The first-order valence-corrected chi connectivity index (χ1v) is 7.83. The molecule has 0 aromatic heterocycles. The first kappa shape index (κ1) is 17.7. The van der Waals surface area contributed by atoms with Gasteiger partial charge in [0.1, 0.15) is 13.2 Å². The lowest BCUT2D eigenvalue weighted by Crippen LogP contribution is -2.16. The molecule has 1 heterocycles. The molecule has 1 aliphatic rings. The number of nitrogens with one attached hydrogen (secondary N) is 1. The number of nitrogens with zero attached hydrogens (tertiary/aromatic N) is 1. The molecule has 0 spiro atoms. The lowest BCUT2D eigenvalue weighted by atomic mass is 10.1. The van der Waals surface area contributed by atoms with E-state index in [0.29, 0.717) is 30.4 Å². The van der Waals surface area contributed by atoms with Crippen molar-refractivity contribution < 1.29 is 27.9 Å². The predicted octanol–water partition coefficient (Wildman–Crippen LogP) is 4.14. The third-order valence-electron chi connectivity index (χ3n) is 3.82. The number of hydrogen-bond donors (Lipinski definition) is 1. The van der Waals surface area contributed by atoms with Crippen LogP contribution in [0.5, 0.6) is 17.2 Å². The van der Waals surface area contributed by atoms with E-state index in [0.717, 1.165) is 11.6 Å². The molecule has 0 fully saturated rings. The highest BCUT2D eigenvalue weighted by Crippen LogP contribution is 2.35. The molecular formula is C17H16F2N2O5. The standard InChI is InChI=1S/C17H16F2N2O5/c1-10(11-2-5-14-16(8-11)25-7-6-24-14)20-12-3-4-13(21(22)23)15(9-12)26-17(18)19/h2-5,8-10,17,20H,6-7H2,1H3. The van der Waals surface area contributed by atoms with Crippen LogP contribution in [0.25, 0.3) is 0 Å². The summed E-state index contributed by atoms with van der Waals surface area (Å²) in [6, 6.07) is 9.00. The maximum Gasteiger partial charge on any atom is 0.387 e. The summed E-state index contributed by atoms with van der Waals surface area (Å²) in [6.45, 7) is -0.329. The van der Waals surface area contributed by atoms with Crippen molar-refractivity contribution in [2.75, 3.05) is 18.5 Å². The van der Waals surface area contributed by atoms with Crippen LogP contribution in [0.3, 0.4) is 0 Å². The van der Waals surface area contributed by atoms with Crippen molar-refractivity contribution in [1.29, 1.82) is 0 Å². The summed E-state index contributed by atoms with van der Waals surface area (Å²) in [5, 5.41) is 14.0. The van der Waals surface area contributed by atoms with Gasteiger partial charge >= 0.3 is 12.3 Å². The van der Waals surface area contributed by atoms with Crippen LogP contribution in [0.15, 0.2) is 36.4 Å². The number of anilines is 1. The minimum atomic E-state index is -3.15. The van der Waals surface area contributed by atoms with Crippen LogP contribution in [-0.4, -0.2) is 24.7 Å². The Morgan fingerprint density at radius 1 is 1.15 bits per heavy atom. The van der Waals surface area contributed by atoms with Crippen molar-refractivity contribution in [3.8, 4) is 17.2 Å². The molecule has 0 radical (unpaired) electrons. The molecule has 3 rings (SSSR count). The highest BCUT2D eigenvalue weighted by molar-refractivity contribution is 5.59. The minimum absolute atomic E-state index is 0.216. The Kier molecular flexibility index (Phi) is 5.06. The lowest BCUT2D eigenvalue weighted by Gasteiger charge is -2.21. The molecule has 0 bridgehead atoms. The number of rotatable bonds is 6. The van der Waals surface area contributed by atoms with Crippen LogP contribution in [0.1, 0.15) is 18.5 Å². The Bertz CT molecular complexity index is 816. The van der Waals surface area contributed by atoms with E-state index in [9.17, 15) is 18.9 Å². The lowest BCUT2D eigenvalue weighted by molar-refractivity contribution is -0.386. The summed E-state index contributed by atoms with van der Waals surface area (Å²) < 4.78 is 40.2. The molecule has 1 aliphatic heterocycles. The van der Waals surface area contributed by atoms with Gasteiger partial charge < -0.3 is 19.5 Å². The monoisotopic (exact) mass is 366 g/mol. The van der Waals surface area contributed by atoms with Crippen LogP contribution in [-0.2, 0) is 0 Å². The SMILES string of the molecule is CC(Nc1ccc([N+](=O)[O-])c(OC(F)F)c1)c1ccc2c(c1)OCCO2. The molecule has 0 saturated carbocycles. The molecule has 1 atom stereocenters. The number of hydrogen-bond acceptors (Lipinski definition) is 6. The summed E-state index contributed by atoms with van der Waals surface area (Å²) in [4.78, 5) is 10.2. The summed E-state index contributed by atoms with van der Waals surface area (Å²) in [5.74, 6) is 0.798. The number of nitro benzene ring substituents is 1. The highest BCUT2D eigenvalue weighted by atomic mass is 19.3. The fraction of sp³-hybridized carbons (Fsp3) is 0.294. The quantitative estimate of drug-likeness (QED) is 0.611. The van der Waals surface area contributed by atoms with Gasteiger partial charge in [0.25, 0.3) is 0 Å². The molecule has 7 nitrogen and oxygen atoms in total. The van der Waals surface area contributed by atoms with Crippen molar-refractivity contribution in [3.63, 3.8) is 0 Å². The van der Waals surface area contributed by atoms with Gasteiger partial charge in [0.15, 0.2) is 11.5 Å². The topological polar surface area (TPSA) is 82.9 Å². The third kappa shape index (κ3) is 3.93. The van der Waals surface area contributed by atoms with E-state index >= 15 is 0 Å². The molecule has 9 heteroatoms. The number of nitro groups is 1. The second-order valence-electron chi connectivity index (χ2n) is 5.59. The van der Waals surface area contributed by atoms with Crippen molar-refractivity contribution in [1.82, 2.24) is 0 Å². The van der Waals surface area contributed by atoms with E-state index in [1.54, 1.807) is 6.07 Å². The van der Waals surface area contributed by atoms with Gasteiger partial charge in [-0.15, -0.1) is 0 Å². The second kappa shape index (κ2) is 7.42. The maximum atomic E-state index is 12.5. The fourth-order valence-electron chi connectivity index (χ4n) is 2.61. The number of halogens is 2. The van der Waals surface area contributed by atoms with E-state index in [-0.39, 0.29) is 6.04 Å². The zero-order valence-electron chi connectivity index (χ0n) is 13.8. The number of alkyl halides is 2. The molecule has 2 aromatic carbocycles. The van der Waals surface area contributed by atoms with E-state index in [1.807, 2.05) is 19.1 Å². The van der Waals surface area contributed by atoms with Gasteiger partial charge in [0.05, 0.1) is 4.92 Å². The van der Waals surface area contributed by atoms with Crippen molar-refractivity contribution >= 4 is 11.4 Å². The molecule has 0 aliphatic carbocycles. The molecule has 2 aromatic rings. The maximum absolute atomic E-state index is 12.5. The average Bonchev–Trinajstić information content (AvgIpc) is 2.60. The average molecular weight is 366 g/mol. The zero-order valence-corrected chi connectivity index (χ0v) is 13.8. The molecule has 26 heavy (non-hydrogen) atoms. The summed E-state index contributed by atoms with van der Waals surface area (Å²) in [6.07, 6.45) is 0. The first-order valence-electron chi connectivity index (χ1n) is 7.83. The van der Waals surface area contributed by atoms with Gasteiger partial charge in [0, 0.05) is 23.9 Å². The van der Waals surface area contributed by atoms with Crippen LogP contribution in [0, 0.1) is 10.1 Å². The fourth-order valence-corrected chi connectivity index (χ4v) is 2.61. The van der Waals surface area contributed by atoms with Crippen molar-refractivity contribution in [2.24, 2.45) is 0 Å². The number of ether oxygens (including phenoxy) is 3.